The van der Waals surface area contributed by atoms with E-state index in [9.17, 15) is 0 Å². The highest BCUT2D eigenvalue weighted by molar-refractivity contribution is 7.99. The van der Waals surface area contributed by atoms with Gasteiger partial charge in [0, 0.05) is 18.4 Å². The first kappa shape index (κ1) is 10.8. The molecule has 0 aliphatic carbocycles. The van der Waals surface area contributed by atoms with Gasteiger partial charge in [0.25, 0.3) is 0 Å². The van der Waals surface area contributed by atoms with Crippen LogP contribution in [0.2, 0.25) is 0 Å². The maximum absolute atomic E-state index is 5.26. The van der Waals surface area contributed by atoms with E-state index in [-0.39, 0.29) is 0 Å². The molecule has 0 bridgehead atoms. The quantitative estimate of drug-likeness (QED) is 0.819. The maximum Gasteiger partial charge on any atom is 0.204 e. The van der Waals surface area contributed by atoms with Crippen molar-refractivity contribution in [2.24, 2.45) is 0 Å². The fourth-order valence-electron chi connectivity index (χ4n) is 2.09. The molecule has 0 saturated heterocycles. The molecule has 1 aliphatic heterocycles. The Morgan fingerprint density at radius 2 is 2.41 bits per heavy atom. The predicted octanol–water partition coefficient (Wildman–Crippen LogP) is 2.44. The van der Waals surface area contributed by atoms with Crippen LogP contribution in [0.4, 0.5) is 0 Å². The number of nitrogens with zero attached hydrogens (tertiary/aromatic N) is 4. The van der Waals surface area contributed by atoms with Crippen LogP contribution in [-0.4, -0.2) is 25.7 Å². The van der Waals surface area contributed by atoms with E-state index in [1.54, 1.807) is 0 Å². The third kappa shape index (κ3) is 1.76. The van der Waals surface area contributed by atoms with Crippen LogP contribution in [0.5, 0.6) is 0 Å². The van der Waals surface area contributed by atoms with Crippen LogP contribution in [0.1, 0.15) is 30.1 Å². The van der Waals surface area contributed by atoms with Crippen molar-refractivity contribution in [2.45, 2.75) is 32.1 Å². The Kier molecular flexibility index (Phi) is 2.66. The number of hydrogen-bond acceptors (Lipinski definition) is 5. The molecule has 2 aromatic heterocycles. The van der Waals surface area contributed by atoms with Crippen molar-refractivity contribution in [1.82, 2.24) is 19.9 Å². The molecule has 1 atom stereocenters. The minimum absolute atomic E-state index is 0.453. The van der Waals surface area contributed by atoms with Gasteiger partial charge in [0.2, 0.25) is 11.6 Å². The van der Waals surface area contributed by atoms with Crippen LogP contribution in [0.25, 0.3) is 11.6 Å². The molecule has 17 heavy (non-hydrogen) atoms. The van der Waals surface area contributed by atoms with E-state index in [2.05, 4.69) is 26.8 Å². The lowest BCUT2D eigenvalue weighted by molar-refractivity contribution is 0.422. The molecule has 1 unspecified atom stereocenters. The minimum Gasteiger partial charge on any atom is -0.353 e. The second-order valence-corrected chi connectivity index (χ2v) is 5.44. The summed E-state index contributed by atoms with van der Waals surface area (Å²) in [6, 6.07) is 1.90. The summed E-state index contributed by atoms with van der Waals surface area (Å²) >= 11 is 1.95. The number of aromatic nitrogens is 4. The van der Waals surface area contributed by atoms with Crippen LogP contribution in [0.15, 0.2) is 10.6 Å². The molecule has 3 heterocycles. The third-order valence-corrected chi connectivity index (χ3v) is 4.29. The van der Waals surface area contributed by atoms with Crippen molar-refractivity contribution < 1.29 is 4.52 Å². The Morgan fingerprint density at radius 1 is 1.53 bits per heavy atom. The van der Waals surface area contributed by atoms with Crippen LogP contribution < -0.4 is 0 Å². The summed E-state index contributed by atoms with van der Waals surface area (Å²) in [7, 11) is 0. The van der Waals surface area contributed by atoms with Gasteiger partial charge in [0.1, 0.15) is 5.82 Å². The van der Waals surface area contributed by atoms with Crippen molar-refractivity contribution in [2.75, 3.05) is 5.75 Å². The molecule has 3 rings (SSSR count). The van der Waals surface area contributed by atoms with Crippen molar-refractivity contribution >= 4 is 11.8 Å². The summed E-state index contributed by atoms with van der Waals surface area (Å²) in [4.78, 5) is 0. The molecule has 1 aliphatic rings. The largest absolute Gasteiger partial charge is 0.353 e. The zero-order valence-corrected chi connectivity index (χ0v) is 10.7. The van der Waals surface area contributed by atoms with Gasteiger partial charge in [0.05, 0.1) is 10.9 Å². The van der Waals surface area contributed by atoms with E-state index in [1.807, 2.05) is 24.8 Å². The minimum atomic E-state index is 0.453. The van der Waals surface area contributed by atoms with Gasteiger partial charge in [-0.2, -0.15) is 0 Å². The molecule has 90 valence electrons. The lowest BCUT2D eigenvalue weighted by Gasteiger charge is -2.21. The van der Waals surface area contributed by atoms with Gasteiger partial charge in [-0.05, 0) is 13.3 Å². The summed E-state index contributed by atoms with van der Waals surface area (Å²) in [5, 5.41) is 12.9. The third-order valence-electron chi connectivity index (χ3n) is 2.92. The highest BCUT2D eigenvalue weighted by atomic mass is 32.2. The molecule has 0 saturated carbocycles. The molecule has 0 spiro atoms. The van der Waals surface area contributed by atoms with Gasteiger partial charge in [-0.15, -0.1) is 22.0 Å². The highest BCUT2D eigenvalue weighted by Gasteiger charge is 2.26. The number of aryl methyl sites for hydroxylation is 1. The molecular weight excluding hydrogens is 236 g/mol. The van der Waals surface area contributed by atoms with E-state index < -0.39 is 0 Å². The number of hydrogen-bond donors (Lipinski definition) is 0. The van der Waals surface area contributed by atoms with Gasteiger partial charge in [-0.1, -0.05) is 12.1 Å². The summed E-state index contributed by atoms with van der Waals surface area (Å²) in [5.41, 5.74) is 0.870. The average Bonchev–Trinajstić information content (AvgIpc) is 2.94. The molecule has 5 nitrogen and oxygen atoms in total. The first-order chi connectivity index (χ1) is 8.29. The number of thioether (sulfide) groups is 1. The van der Waals surface area contributed by atoms with Gasteiger partial charge in [0.15, 0.2) is 0 Å². The van der Waals surface area contributed by atoms with Crippen molar-refractivity contribution in [3.05, 3.63) is 17.6 Å². The van der Waals surface area contributed by atoms with Crippen molar-refractivity contribution in [3.63, 3.8) is 0 Å². The molecule has 6 heteroatoms. The highest BCUT2D eigenvalue weighted by Crippen LogP contribution is 2.36. The summed E-state index contributed by atoms with van der Waals surface area (Å²) in [5.74, 6) is 3.68. The maximum atomic E-state index is 5.26. The summed E-state index contributed by atoms with van der Waals surface area (Å²) in [6.45, 7) is 5.03. The van der Waals surface area contributed by atoms with Gasteiger partial charge < -0.3 is 9.09 Å². The SMILES string of the molecule is CCC1SCCn2c(-c3cc(C)no3)nnc21. The van der Waals surface area contributed by atoms with Crippen LogP contribution in [0, 0.1) is 6.92 Å². The predicted molar refractivity (Wildman–Crippen MR) is 65.7 cm³/mol. The number of fused-ring (bicyclic) bond motifs is 1. The zero-order chi connectivity index (χ0) is 11.8. The number of rotatable bonds is 2. The summed E-state index contributed by atoms with van der Waals surface area (Å²) in [6.07, 6.45) is 1.08. The summed E-state index contributed by atoms with van der Waals surface area (Å²) < 4.78 is 7.42. The fraction of sp³-hybridized carbons (Fsp3) is 0.545. The lowest BCUT2D eigenvalue weighted by Crippen LogP contribution is -2.15. The molecule has 0 N–H and O–H groups in total. The lowest BCUT2D eigenvalue weighted by atomic mass is 10.3. The Labute approximate surface area is 104 Å². The van der Waals surface area contributed by atoms with Gasteiger partial charge in [-0.3, -0.25) is 0 Å². The molecule has 0 radical (unpaired) electrons. The van der Waals surface area contributed by atoms with Crippen LogP contribution in [0.3, 0.4) is 0 Å². The Bertz CT molecular complexity index is 533. The second kappa shape index (κ2) is 4.18. The standard InChI is InChI=1S/C11H14N4OS/c1-3-9-11-13-12-10(15(11)4-5-17-9)8-6-7(2)14-16-8/h6,9H,3-5H2,1-2H3. The molecule has 0 amide bonds. The Hall–Kier alpha value is -1.30. The monoisotopic (exact) mass is 250 g/mol. The van der Waals surface area contributed by atoms with Crippen molar-refractivity contribution in [3.8, 4) is 11.6 Å². The normalized spacial score (nSPS) is 19.3. The molecule has 2 aromatic rings. The van der Waals surface area contributed by atoms with E-state index in [0.717, 1.165) is 36.1 Å². The molecule has 0 aromatic carbocycles. The van der Waals surface area contributed by atoms with E-state index in [4.69, 9.17) is 4.52 Å². The van der Waals surface area contributed by atoms with Crippen molar-refractivity contribution in [1.29, 1.82) is 0 Å². The first-order valence-electron chi connectivity index (χ1n) is 5.78. The zero-order valence-electron chi connectivity index (χ0n) is 9.88. The van der Waals surface area contributed by atoms with E-state index >= 15 is 0 Å². The molecule has 0 fully saturated rings. The van der Waals surface area contributed by atoms with E-state index in [1.165, 1.54) is 0 Å². The smallest absolute Gasteiger partial charge is 0.204 e. The molecular formula is C11H14N4OS. The fourth-order valence-corrected chi connectivity index (χ4v) is 3.22. The topological polar surface area (TPSA) is 56.7 Å². The van der Waals surface area contributed by atoms with Gasteiger partial charge >= 0.3 is 0 Å². The van der Waals surface area contributed by atoms with E-state index in [0.29, 0.717) is 11.0 Å². The Balaban J connectivity index is 2.05. The Morgan fingerprint density at radius 3 is 3.12 bits per heavy atom. The van der Waals surface area contributed by atoms with Gasteiger partial charge in [-0.25, -0.2) is 0 Å². The first-order valence-corrected chi connectivity index (χ1v) is 6.83. The van der Waals surface area contributed by atoms with Crippen LogP contribution >= 0.6 is 11.8 Å². The average molecular weight is 250 g/mol. The van der Waals surface area contributed by atoms with Crippen LogP contribution in [-0.2, 0) is 6.54 Å². The second-order valence-electron chi connectivity index (χ2n) is 4.13.